The molecule has 2 N–H and O–H groups in total. The lowest BCUT2D eigenvalue weighted by Crippen LogP contribution is -1.89. The van der Waals surface area contributed by atoms with E-state index in [1.165, 1.54) is 11.3 Å². The number of unbranched alkanes of at least 4 members (excludes halogenated alkanes) is 1. The molecule has 6 heteroatoms. The molecular formula is C7H13N3OS2. The first kappa shape index (κ1) is 10.7. The van der Waals surface area contributed by atoms with Crippen molar-refractivity contribution in [1.29, 1.82) is 0 Å². The summed E-state index contributed by atoms with van der Waals surface area (Å²) in [5, 5.41) is 8.18. The van der Waals surface area contributed by atoms with Gasteiger partial charge in [-0.25, -0.2) is 0 Å². The fourth-order valence-electron chi connectivity index (χ4n) is 0.787. The Hall–Kier alpha value is -0.330. The fourth-order valence-corrected chi connectivity index (χ4v) is 2.49. The number of nitrogens with zero attached hydrogens (tertiary/aromatic N) is 2. The highest BCUT2D eigenvalue weighted by molar-refractivity contribution is 8.01. The molecule has 1 aromatic rings. The average molecular weight is 219 g/mol. The van der Waals surface area contributed by atoms with E-state index in [1.54, 1.807) is 18.9 Å². The van der Waals surface area contributed by atoms with Crippen LogP contribution in [0, 0.1) is 0 Å². The summed E-state index contributed by atoms with van der Waals surface area (Å²) >= 11 is 3.14. The highest BCUT2D eigenvalue weighted by Crippen LogP contribution is 2.24. The number of thioether (sulfide) groups is 1. The van der Waals surface area contributed by atoms with E-state index in [0.717, 1.165) is 29.5 Å². The Morgan fingerprint density at radius 1 is 1.46 bits per heavy atom. The number of nitrogens with two attached hydrogens (primary N) is 1. The van der Waals surface area contributed by atoms with Crippen LogP contribution >= 0.6 is 23.1 Å². The summed E-state index contributed by atoms with van der Waals surface area (Å²) in [5.41, 5.74) is 5.44. The zero-order chi connectivity index (χ0) is 9.52. The molecule has 1 rings (SSSR count). The molecule has 0 fully saturated rings. The van der Waals surface area contributed by atoms with Gasteiger partial charge in [0.2, 0.25) is 5.13 Å². The van der Waals surface area contributed by atoms with Gasteiger partial charge < -0.3 is 10.5 Å². The molecule has 13 heavy (non-hydrogen) atoms. The first-order valence-corrected chi connectivity index (χ1v) is 5.84. The SMILES string of the molecule is COCCCCSc1nnc(N)s1. The molecule has 0 aliphatic carbocycles. The zero-order valence-corrected chi connectivity index (χ0v) is 9.16. The number of nitrogen functional groups attached to an aromatic ring is 1. The second kappa shape index (κ2) is 6.17. The maximum Gasteiger partial charge on any atom is 0.203 e. The molecule has 0 saturated carbocycles. The van der Waals surface area contributed by atoms with Gasteiger partial charge in [0, 0.05) is 19.5 Å². The van der Waals surface area contributed by atoms with Gasteiger partial charge in [0.15, 0.2) is 4.34 Å². The molecule has 0 amide bonds. The topological polar surface area (TPSA) is 61.0 Å². The monoisotopic (exact) mass is 219 g/mol. The largest absolute Gasteiger partial charge is 0.385 e. The van der Waals surface area contributed by atoms with Gasteiger partial charge in [0.1, 0.15) is 0 Å². The molecule has 0 spiro atoms. The number of hydrogen-bond donors (Lipinski definition) is 1. The Kier molecular flexibility index (Phi) is 5.10. The van der Waals surface area contributed by atoms with E-state index in [1.807, 2.05) is 0 Å². The molecule has 0 aliphatic heterocycles. The fraction of sp³-hybridized carbons (Fsp3) is 0.714. The number of rotatable bonds is 6. The number of ether oxygens (including phenoxy) is 1. The molecule has 4 nitrogen and oxygen atoms in total. The Labute approximate surface area is 85.9 Å². The van der Waals surface area contributed by atoms with Gasteiger partial charge in [-0.2, -0.15) is 0 Å². The molecule has 0 aromatic carbocycles. The first-order valence-electron chi connectivity index (χ1n) is 4.03. The van der Waals surface area contributed by atoms with Crippen molar-refractivity contribution in [3.63, 3.8) is 0 Å². The van der Waals surface area contributed by atoms with Crippen LogP contribution in [-0.2, 0) is 4.74 Å². The molecule has 1 heterocycles. The predicted octanol–water partition coefficient (Wildman–Crippen LogP) is 1.64. The Bertz CT molecular complexity index is 241. The number of hydrogen-bond acceptors (Lipinski definition) is 6. The third kappa shape index (κ3) is 4.44. The molecule has 0 bridgehead atoms. The maximum atomic E-state index is 5.44. The normalized spacial score (nSPS) is 10.5. The van der Waals surface area contributed by atoms with Crippen molar-refractivity contribution in [1.82, 2.24) is 10.2 Å². The van der Waals surface area contributed by atoms with Gasteiger partial charge in [-0.1, -0.05) is 23.1 Å². The van der Waals surface area contributed by atoms with E-state index in [9.17, 15) is 0 Å². The van der Waals surface area contributed by atoms with Crippen molar-refractivity contribution in [2.45, 2.75) is 17.2 Å². The van der Waals surface area contributed by atoms with Gasteiger partial charge in [-0.15, -0.1) is 10.2 Å². The van der Waals surface area contributed by atoms with Gasteiger partial charge in [0.25, 0.3) is 0 Å². The standard InChI is InChI=1S/C7H13N3OS2/c1-11-4-2-3-5-12-7-10-9-6(8)13-7/h2-5H2,1H3,(H2,8,9). The highest BCUT2D eigenvalue weighted by atomic mass is 32.2. The summed E-state index contributed by atoms with van der Waals surface area (Å²) in [6.45, 7) is 0.832. The highest BCUT2D eigenvalue weighted by Gasteiger charge is 2.00. The van der Waals surface area contributed by atoms with E-state index in [0.29, 0.717) is 5.13 Å². The third-order valence-corrected chi connectivity index (χ3v) is 3.36. The molecule has 0 atom stereocenters. The molecular weight excluding hydrogens is 206 g/mol. The van der Waals surface area contributed by atoms with Gasteiger partial charge in [-0.3, -0.25) is 0 Å². The average Bonchev–Trinajstić information content (AvgIpc) is 2.51. The van der Waals surface area contributed by atoms with E-state index < -0.39 is 0 Å². The van der Waals surface area contributed by atoms with Crippen LogP contribution in [0.2, 0.25) is 0 Å². The van der Waals surface area contributed by atoms with Crippen molar-refractivity contribution in [2.24, 2.45) is 0 Å². The number of methoxy groups -OCH3 is 1. The second-order valence-electron chi connectivity index (χ2n) is 2.45. The molecule has 0 radical (unpaired) electrons. The van der Waals surface area contributed by atoms with Crippen molar-refractivity contribution in [3.05, 3.63) is 0 Å². The molecule has 1 aromatic heterocycles. The van der Waals surface area contributed by atoms with Crippen molar-refractivity contribution >= 4 is 28.2 Å². The number of anilines is 1. The Morgan fingerprint density at radius 3 is 2.92 bits per heavy atom. The van der Waals surface area contributed by atoms with E-state index in [-0.39, 0.29) is 0 Å². The van der Waals surface area contributed by atoms with Crippen LogP contribution in [0.3, 0.4) is 0 Å². The van der Waals surface area contributed by atoms with Crippen molar-refractivity contribution < 1.29 is 4.74 Å². The smallest absolute Gasteiger partial charge is 0.203 e. The third-order valence-electron chi connectivity index (χ3n) is 1.39. The summed E-state index contributed by atoms with van der Waals surface area (Å²) in [4.78, 5) is 0. The predicted molar refractivity (Wildman–Crippen MR) is 56.2 cm³/mol. The van der Waals surface area contributed by atoms with E-state index in [2.05, 4.69) is 10.2 Å². The van der Waals surface area contributed by atoms with Crippen LogP contribution in [0.15, 0.2) is 4.34 Å². The quantitative estimate of drug-likeness (QED) is 0.582. The van der Waals surface area contributed by atoms with Crippen LogP contribution < -0.4 is 5.73 Å². The van der Waals surface area contributed by atoms with Gasteiger partial charge >= 0.3 is 0 Å². The van der Waals surface area contributed by atoms with E-state index >= 15 is 0 Å². The lowest BCUT2D eigenvalue weighted by molar-refractivity contribution is 0.194. The number of aromatic nitrogens is 2. The summed E-state index contributed by atoms with van der Waals surface area (Å²) in [6, 6.07) is 0. The van der Waals surface area contributed by atoms with Crippen LogP contribution in [-0.4, -0.2) is 29.7 Å². The lowest BCUT2D eigenvalue weighted by Gasteiger charge is -1.96. The summed E-state index contributed by atoms with van der Waals surface area (Å²) < 4.78 is 5.90. The van der Waals surface area contributed by atoms with Crippen LogP contribution in [0.4, 0.5) is 5.13 Å². The second-order valence-corrected chi connectivity index (χ2v) is 4.81. The molecule has 0 unspecified atom stereocenters. The lowest BCUT2D eigenvalue weighted by atomic mass is 10.4. The van der Waals surface area contributed by atoms with E-state index in [4.69, 9.17) is 10.5 Å². The summed E-state index contributed by atoms with van der Waals surface area (Å²) in [7, 11) is 1.72. The zero-order valence-electron chi connectivity index (χ0n) is 7.52. The van der Waals surface area contributed by atoms with Crippen molar-refractivity contribution in [2.75, 3.05) is 25.2 Å². The first-order chi connectivity index (χ1) is 6.33. The van der Waals surface area contributed by atoms with Crippen LogP contribution in [0.25, 0.3) is 0 Å². The minimum atomic E-state index is 0.541. The molecule has 74 valence electrons. The van der Waals surface area contributed by atoms with Gasteiger partial charge in [-0.05, 0) is 12.8 Å². The maximum absolute atomic E-state index is 5.44. The minimum absolute atomic E-state index is 0.541. The van der Waals surface area contributed by atoms with Crippen LogP contribution in [0.1, 0.15) is 12.8 Å². The van der Waals surface area contributed by atoms with Crippen molar-refractivity contribution in [3.8, 4) is 0 Å². The van der Waals surface area contributed by atoms with Crippen LogP contribution in [0.5, 0.6) is 0 Å². The molecule has 0 saturated heterocycles. The minimum Gasteiger partial charge on any atom is -0.385 e. The van der Waals surface area contributed by atoms with Gasteiger partial charge in [0.05, 0.1) is 0 Å². The molecule has 0 aliphatic rings. The Balaban J connectivity index is 2.06. The summed E-state index contributed by atoms with van der Waals surface area (Å²) in [6.07, 6.45) is 2.23. The summed E-state index contributed by atoms with van der Waals surface area (Å²) in [5.74, 6) is 1.05. The Morgan fingerprint density at radius 2 is 2.31 bits per heavy atom.